The number of hydrogen-bond acceptors (Lipinski definition) is 3. The van der Waals surface area contributed by atoms with E-state index in [4.69, 9.17) is 18.0 Å². The van der Waals surface area contributed by atoms with Gasteiger partial charge in [-0.25, -0.2) is 0 Å². The molecule has 0 aromatic heterocycles. The van der Waals surface area contributed by atoms with E-state index < -0.39 is 15.7 Å². The number of piperidine rings is 1. The van der Waals surface area contributed by atoms with Crippen LogP contribution in [0.4, 0.5) is 0 Å². The average molecular weight is 334 g/mol. The minimum atomic E-state index is -3.49. The fourth-order valence-corrected chi connectivity index (χ4v) is 5.39. The predicted octanol–water partition coefficient (Wildman–Crippen LogP) is 1.93. The van der Waals surface area contributed by atoms with Crippen molar-refractivity contribution in [2.45, 2.75) is 63.8 Å². The minimum absolute atomic E-state index is 0.289. The van der Waals surface area contributed by atoms with Crippen LogP contribution in [0.1, 0.15) is 58.3 Å². The van der Waals surface area contributed by atoms with Crippen molar-refractivity contribution in [3.63, 3.8) is 0 Å². The van der Waals surface area contributed by atoms with Crippen molar-refractivity contribution in [1.29, 1.82) is 0 Å². The Morgan fingerprint density at radius 2 is 1.86 bits per heavy atom. The molecule has 0 atom stereocenters. The second-order valence-corrected chi connectivity index (χ2v) is 8.48. The Kier molecular flexibility index (Phi) is 5.62. The summed E-state index contributed by atoms with van der Waals surface area (Å²) in [5.41, 5.74) is 5.19. The third-order valence-electron chi connectivity index (χ3n) is 4.99. The molecule has 0 aromatic rings. The first-order chi connectivity index (χ1) is 9.89. The van der Waals surface area contributed by atoms with Gasteiger partial charge in [0.1, 0.15) is 0 Å². The molecule has 5 nitrogen and oxygen atoms in total. The number of nitrogens with two attached hydrogens (primary N) is 1. The Hall–Kier alpha value is -0.240. The fourth-order valence-electron chi connectivity index (χ4n) is 3.39. The molecule has 1 heterocycles. The maximum Gasteiger partial charge on any atom is 0.280 e. The van der Waals surface area contributed by atoms with Crippen molar-refractivity contribution in [3.8, 4) is 0 Å². The Bertz CT molecular complexity index is 465. The van der Waals surface area contributed by atoms with Crippen LogP contribution < -0.4 is 10.5 Å². The van der Waals surface area contributed by atoms with E-state index in [0.717, 1.165) is 38.5 Å². The van der Waals surface area contributed by atoms with Crippen molar-refractivity contribution >= 4 is 27.4 Å². The summed E-state index contributed by atoms with van der Waals surface area (Å²) >= 11 is 5.20. The molecule has 1 aliphatic carbocycles. The number of nitrogens with zero attached hydrogens (tertiary/aromatic N) is 1. The van der Waals surface area contributed by atoms with Crippen LogP contribution in [0.15, 0.2) is 0 Å². The van der Waals surface area contributed by atoms with Gasteiger partial charge in [0.25, 0.3) is 10.2 Å². The van der Waals surface area contributed by atoms with Crippen molar-refractivity contribution in [2.75, 3.05) is 13.1 Å². The van der Waals surface area contributed by atoms with Gasteiger partial charge in [-0.1, -0.05) is 32.0 Å². The molecule has 0 unspecified atom stereocenters. The van der Waals surface area contributed by atoms with E-state index in [-0.39, 0.29) is 4.99 Å². The first-order valence-corrected chi connectivity index (χ1v) is 9.83. The normalized spacial score (nSPS) is 32.0. The van der Waals surface area contributed by atoms with E-state index in [1.807, 2.05) is 0 Å². The third-order valence-corrected chi connectivity index (χ3v) is 7.07. The first kappa shape index (κ1) is 17.1. The Balaban J connectivity index is 2.11. The van der Waals surface area contributed by atoms with Gasteiger partial charge in [-0.15, -0.1) is 0 Å². The third kappa shape index (κ3) is 3.94. The van der Waals surface area contributed by atoms with Crippen LogP contribution in [0.3, 0.4) is 0 Å². The van der Waals surface area contributed by atoms with Gasteiger partial charge in [0.05, 0.1) is 10.5 Å². The quantitative estimate of drug-likeness (QED) is 0.754. The molecule has 122 valence electrons. The first-order valence-electron chi connectivity index (χ1n) is 7.98. The standard InChI is InChI=1S/C14H27N3O2S2/c1-2-12-6-8-14(9-7-12,13(15)20)16-21(18,19)17-10-4-3-5-11-17/h12,16H,2-11H2,1H3,(H2,15,20). The molecule has 2 fully saturated rings. The molecule has 0 bridgehead atoms. The summed E-state index contributed by atoms with van der Waals surface area (Å²) < 4.78 is 29.6. The summed E-state index contributed by atoms with van der Waals surface area (Å²) in [5.74, 6) is 0.659. The lowest BCUT2D eigenvalue weighted by Crippen LogP contribution is -2.61. The molecule has 1 aliphatic heterocycles. The minimum Gasteiger partial charge on any atom is -0.392 e. The van der Waals surface area contributed by atoms with Crippen molar-refractivity contribution in [3.05, 3.63) is 0 Å². The number of nitrogens with one attached hydrogen (secondary N) is 1. The molecule has 7 heteroatoms. The number of hydrogen-bond donors (Lipinski definition) is 2. The van der Waals surface area contributed by atoms with Crippen LogP contribution in [-0.4, -0.2) is 36.3 Å². The summed E-state index contributed by atoms with van der Waals surface area (Å²) in [6.45, 7) is 3.37. The van der Waals surface area contributed by atoms with Crippen molar-refractivity contribution in [2.24, 2.45) is 11.7 Å². The molecule has 2 rings (SSSR count). The molecular weight excluding hydrogens is 306 g/mol. The van der Waals surface area contributed by atoms with E-state index in [9.17, 15) is 8.42 Å². The van der Waals surface area contributed by atoms with Gasteiger partial charge in [-0.05, 0) is 44.4 Å². The molecule has 0 spiro atoms. The zero-order valence-electron chi connectivity index (χ0n) is 12.8. The SMILES string of the molecule is CCC1CCC(NS(=O)(=O)N2CCCCC2)(C(N)=S)CC1. The highest BCUT2D eigenvalue weighted by molar-refractivity contribution is 7.87. The Morgan fingerprint density at radius 1 is 1.29 bits per heavy atom. The van der Waals surface area contributed by atoms with Crippen LogP contribution >= 0.6 is 12.2 Å². The summed E-state index contributed by atoms with van der Waals surface area (Å²) in [7, 11) is -3.49. The zero-order valence-corrected chi connectivity index (χ0v) is 14.4. The van der Waals surface area contributed by atoms with Crippen LogP contribution in [-0.2, 0) is 10.2 Å². The molecule has 3 N–H and O–H groups in total. The lowest BCUT2D eigenvalue weighted by Gasteiger charge is -2.41. The van der Waals surface area contributed by atoms with Gasteiger partial charge < -0.3 is 5.73 Å². The maximum atomic E-state index is 12.6. The van der Waals surface area contributed by atoms with Gasteiger partial charge in [-0.2, -0.15) is 17.4 Å². The molecule has 0 radical (unpaired) electrons. The largest absolute Gasteiger partial charge is 0.392 e. The molecule has 0 aromatic carbocycles. The topological polar surface area (TPSA) is 75.4 Å². The summed E-state index contributed by atoms with van der Waals surface area (Å²) in [6.07, 6.45) is 7.49. The van der Waals surface area contributed by atoms with Crippen LogP contribution in [0.5, 0.6) is 0 Å². The highest BCUT2D eigenvalue weighted by Crippen LogP contribution is 2.35. The molecule has 21 heavy (non-hydrogen) atoms. The molecule has 1 saturated heterocycles. The second kappa shape index (κ2) is 6.89. The Morgan fingerprint density at radius 3 is 2.33 bits per heavy atom. The maximum absolute atomic E-state index is 12.6. The summed E-state index contributed by atoms with van der Waals surface area (Å²) in [6, 6.07) is 0. The van der Waals surface area contributed by atoms with Crippen LogP contribution in [0, 0.1) is 5.92 Å². The molecule has 2 aliphatic rings. The van der Waals surface area contributed by atoms with E-state index in [1.165, 1.54) is 0 Å². The monoisotopic (exact) mass is 333 g/mol. The lowest BCUT2D eigenvalue weighted by atomic mass is 9.76. The smallest absolute Gasteiger partial charge is 0.280 e. The van der Waals surface area contributed by atoms with Gasteiger partial charge in [0, 0.05) is 13.1 Å². The Labute approximate surface area is 133 Å². The predicted molar refractivity (Wildman–Crippen MR) is 89.2 cm³/mol. The summed E-state index contributed by atoms with van der Waals surface area (Å²) in [4.78, 5) is 0.289. The highest BCUT2D eigenvalue weighted by Gasteiger charge is 2.42. The zero-order chi connectivity index (χ0) is 15.5. The average Bonchev–Trinajstić information content (AvgIpc) is 2.48. The van der Waals surface area contributed by atoms with Gasteiger partial charge >= 0.3 is 0 Å². The van der Waals surface area contributed by atoms with E-state index in [2.05, 4.69) is 11.6 Å². The van der Waals surface area contributed by atoms with Crippen LogP contribution in [0.2, 0.25) is 0 Å². The van der Waals surface area contributed by atoms with E-state index >= 15 is 0 Å². The highest BCUT2D eigenvalue weighted by atomic mass is 32.2. The summed E-state index contributed by atoms with van der Waals surface area (Å²) in [5, 5.41) is 0. The van der Waals surface area contributed by atoms with Crippen LogP contribution in [0.25, 0.3) is 0 Å². The van der Waals surface area contributed by atoms with Gasteiger partial charge in [0.15, 0.2) is 0 Å². The molecule has 0 amide bonds. The number of thiocarbonyl (C=S) groups is 1. The molecular formula is C14H27N3O2S2. The van der Waals surface area contributed by atoms with E-state index in [0.29, 0.717) is 31.8 Å². The number of rotatable bonds is 5. The lowest BCUT2D eigenvalue weighted by molar-refractivity contribution is 0.260. The van der Waals surface area contributed by atoms with Crippen molar-refractivity contribution in [1.82, 2.24) is 9.03 Å². The second-order valence-electron chi connectivity index (χ2n) is 6.36. The van der Waals surface area contributed by atoms with Gasteiger partial charge in [0.2, 0.25) is 0 Å². The van der Waals surface area contributed by atoms with Crippen molar-refractivity contribution < 1.29 is 8.42 Å². The molecule has 1 saturated carbocycles. The van der Waals surface area contributed by atoms with Gasteiger partial charge in [-0.3, -0.25) is 0 Å². The van der Waals surface area contributed by atoms with E-state index in [1.54, 1.807) is 4.31 Å². The fraction of sp³-hybridized carbons (Fsp3) is 0.929.